The van der Waals surface area contributed by atoms with Crippen LogP contribution in [0, 0.1) is 4.64 Å². The summed E-state index contributed by atoms with van der Waals surface area (Å²) in [4.78, 5) is 11.9. The van der Waals surface area contributed by atoms with E-state index in [9.17, 15) is 0 Å². The van der Waals surface area contributed by atoms with Crippen molar-refractivity contribution < 1.29 is 0 Å². The summed E-state index contributed by atoms with van der Waals surface area (Å²) in [5, 5.41) is 4.16. The van der Waals surface area contributed by atoms with Crippen LogP contribution in [-0.4, -0.2) is 24.7 Å². The summed E-state index contributed by atoms with van der Waals surface area (Å²) in [7, 11) is 1.87. The van der Waals surface area contributed by atoms with Gasteiger partial charge in [-0.15, -0.1) is 0 Å². The third-order valence-electron chi connectivity index (χ3n) is 2.73. The lowest BCUT2D eigenvalue weighted by Gasteiger charge is -2.04. The zero-order valence-electron chi connectivity index (χ0n) is 10.5. The van der Waals surface area contributed by atoms with E-state index in [0.29, 0.717) is 10.5 Å². The molecule has 3 rings (SSSR count). The number of aromatic amines is 1. The number of aromatic nitrogens is 5. The van der Waals surface area contributed by atoms with Crippen LogP contribution in [0.5, 0.6) is 0 Å². The van der Waals surface area contributed by atoms with Crippen LogP contribution in [0.2, 0.25) is 0 Å². The van der Waals surface area contributed by atoms with E-state index in [1.165, 1.54) is 0 Å². The fraction of sp³-hybridized carbons (Fsp3) is 0.0769. The number of nitrogens with zero attached hydrogens (tertiary/aromatic N) is 4. The minimum atomic E-state index is 0.516. The highest BCUT2D eigenvalue weighted by atomic mass is 79.9. The van der Waals surface area contributed by atoms with Crippen LogP contribution >= 0.6 is 28.1 Å². The van der Waals surface area contributed by atoms with E-state index in [2.05, 4.69) is 36.0 Å². The molecule has 0 aliphatic rings. The lowest BCUT2D eigenvalue weighted by Crippen LogP contribution is -1.94. The zero-order chi connectivity index (χ0) is 14.1. The first-order valence-corrected chi connectivity index (χ1v) is 7.04. The van der Waals surface area contributed by atoms with Crippen molar-refractivity contribution in [3.8, 4) is 22.8 Å². The lowest BCUT2D eigenvalue weighted by atomic mass is 10.2. The monoisotopic (exact) mass is 347 g/mol. The molecule has 20 heavy (non-hydrogen) atoms. The molecule has 0 saturated carbocycles. The Labute approximate surface area is 128 Å². The van der Waals surface area contributed by atoms with E-state index in [0.717, 1.165) is 21.4 Å². The number of hydrogen-bond acceptors (Lipinski definition) is 4. The Morgan fingerprint density at radius 2 is 2.15 bits per heavy atom. The Hall–Kier alpha value is -1.86. The first-order valence-electron chi connectivity index (χ1n) is 5.84. The molecule has 100 valence electrons. The highest BCUT2D eigenvalue weighted by molar-refractivity contribution is 9.10. The van der Waals surface area contributed by atoms with Crippen LogP contribution in [0.4, 0.5) is 0 Å². The van der Waals surface area contributed by atoms with Gasteiger partial charge in [0.25, 0.3) is 0 Å². The van der Waals surface area contributed by atoms with Crippen molar-refractivity contribution in [1.82, 2.24) is 24.7 Å². The second-order valence-corrected chi connectivity index (χ2v) is 5.58. The van der Waals surface area contributed by atoms with Crippen molar-refractivity contribution in [3.63, 3.8) is 0 Å². The number of rotatable bonds is 2. The largest absolute Gasteiger partial charge is 0.338 e. The Morgan fingerprint density at radius 3 is 2.80 bits per heavy atom. The molecule has 3 aromatic rings. The third kappa shape index (κ3) is 2.68. The average molecular weight is 348 g/mol. The van der Waals surface area contributed by atoms with Crippen molar-refractivity contribution >= 4 is 28.1 Å². The molecule has 0 aliphatic carbocycles. The van der Waals surface area contributed by atoms with E-state index >= 15 is 0 Å². The Bertz CT molecular complexity index is 806. The van der Waals surface area contributed by atoms with E-state index in [-0.39, 0.29) is 0 Å². The Kier molecular flexibility index (Phi) is 3.45. The standard InChI is InChI=1S/C13H10BrN5S/c1-19-7-8(5-16-19)11-4-12(20)18-13(17-11)10-3-2-9(14)6-15-10/h2-7H,1H3,(H,17,18,20). The number of halogens is 1. The fourth-order valence-corrected chi connectivity index (χ4v) is 2.25. The molecule has 0 atom stereocenters. The topological polar surface area (TPSA) is 59.4 Å². The molecular formula is C13H10BrN5S. The predicted octanol–water partition coefficient (Wildman–Crippen LogP) is 3.36. The second-order valence-electron chi connectivity index (χ2n) is 4.25. The first kappa shape index (κ1) is 13.1. The fourth-order valence-electron chi connectivity index (χ4n) is 1.81. The first-order chi connectivity index (χ1) is 9.61. The van der Waals surface area contributed by atoms with E-state index in [4.69, 9.17) is 12.2 Å². The van der Waals surface area contributed by atoms with Gasteiger partial charge in [0.05, 0.1) is 11.9 Å². The molecule has 7 heteroatoms. The van der Waals surface area contributed by atoms with Crippen LogP contribution in [0.1, 0.15) is 0 Å². The molecule has 0 radical (unpaired) electrons. The number of pyridine rings is 1. The van der Waals surface area contributed by atoms with Gasteiger partial charge in [0, 0.05) is 29.5 Å². The van der Waals surface area contributed by atoms with Gasteiger partial charge < -0.3 is 4.98 Å². The number of H-pyrrole nitrogens is 1. The third-order valence-corrected chi connectivity index (χ3v) is 3.41. The molecule has 0 aromatic carbocycles. The summed E-state index contributed by atoms with van der Waals surface area (Å²) in [5.74, 6) is 0.642. The molecule has 3 aromatic heterocycles. The summed E-state index contributed by atoms with van der Waals surface area (Å²) in [6.07, 6.45) is 5.42. The molecule has 0 fully saturated rings. The molecular weight excluding hydrogens is 338 g/mol. The molecule has 0 saturated heterocycles. The second kappa shape index (κ2) is 5.26. The highest BCUT2D eigenvalue weighted by Gasteiger charge is 2.06. The molecule has 1 N–H and O–H groups in total. The SMILES string of the molecule is Cn1cc(-c2cc(=S)nc(-c3ccc(Br)cn3)[nH]2)cn1. The lowest BCUT2D eigenvalue weighted by molar-refractivity contribution is 0.768. The number of hydrogen-bond donors (Lipinski definition) is 1. The van der Waals surface area contributed by atoms with Gasteiger partial charge >= 0.3 is 0 Å². The minimum absolute atomic E-state index is 0.516. The van der Waals surface area contributed by atoms with Gasteiger partial charge in [-0.25, -0.2) is 4.98 Å². The van der Waals surface area contributed by atoms with Crippen LogP contribution in [0.3, 0.4) is 0 Å². The van der Waals surface area contributed by atoms with E-state index in [1.807, 2.05) is 31.4 Å². The van der Waals surface area contributed by atoms with Crippen LogP contribution < -0.4 is 0 Å². The summed E-state index contributed by atoms with van der Waals surface area (Å²) >= 11 is 8.59. The van der Waals surface area contributed by atoms with E-state index in [1.54, 1.807) is 17.1 Å². The van der Waals surface area contributed by atoms with Gasteiger partial charge in [-0.3, -0.25) is 9.67 Å². The summed E-state index contributed by atoms with van der Waals surface area (Å²) in [6, 6.07) is 5.61. The maximum atomic E-state index is 5.22. The quantitative estimate of drug-likeness (QED) is 0.722. The van der Waals surface area contributed by atoms with Gasteiger partial charge in [0.1, 0.15) is 10.3 Å². The van der Waals surface area contributed by atoms with Gasteiger partial charge in [-0.1, -0.05) is 12.2 Å². The highest BCUT2D eigenvalue weighted by Crippen LogP contribution is 2.20. The number of aryl methyl sites for hydroxylation is 1. The van der Waals surface area contributed by atoms with Crippen molar-refractivity contribution in [3.05, 3.63) is 45.9 Å². The maximum absolute atomic E-state index is 5.22. The molecule has 0 unspecified atom stereocenters. The summed E-state index contributed by atoms with van der Waals surface area (Å²) < 4.78 is 3.18. The van der Waals surface area contributed by atoms with Gasteiger partial charge in [-0.2, -0.15) is 5.10 Å². The normalized spacial score (nSPS) is 10.7. The molecule has 5 nitrogen and oxygen atoms in total. The Morgan fingerprint density at radius 1 is 1.30 bits per heavy atom. The minimum Gasteiger partial charge on any atom is -0.338 e. The molecule has 0 bridgehead atoms. The Balaban J connectivity index is 2.11. The van der Waals surface area contributed by atoms with Crippen molar-refractivity contribution in [2.45, 2.75) is 0 Å². The predicted molar refractivity (Wildman–Crippen MR) is 82.6 cm³/mol. The van der Waals surface area contributed by atoms with Crippen molar-refractivity contribution in [1.29, 1.82) is 0 Å². The average Bonchev–Trinajstić information content (AvgIpc) is 2.85. The molecule has 0 spiro atoms. The van der Waals surface area contributed by atoms with E-state index < -0.39 is 0 Å². The smallest absolute Gasteiger partial charge is 0.158 e. The van der Waals surface area contributed by atoms with Crippen LogP contribution in [0.25, 0.3) is 22.8 Å². The van der Waals surface area contributed by atoms with Gasteiger partial charge in [0.2, 0.25) is 0 Å². The molecule has 3 heterocycles. The van der Waals surface area contributed by atoms with Gasteiger partial charge in [0.15, 0.2) is 5.82 Å². The number of nitrogens with one attached hydrogen (secondary N) is 1. The van der Waals surface area contributed by atoms with Crippen LogP contribution in [-0.2, 0) is 7.05 Å². The zero-order valence-corrected chi connectivity index (χ0v) is 12.9. The van der Waals surface area contributed by atoms with Crippen LogP contribution in [0.15, 0.2) is 41.3 Å². The summed E-state index contributed by atoms with van der Waals surface area (Å²) in [6.45, 7) is 0. The maximum Gasteiger partial charge on any atom is 0.158 e. The van der Waals surface area contributed by atoms with Gasteiger partial charge in [-0.05, 0) is 34.1 Å². The summed E-state index contributed by atoms with van der Waals surface area (Å²) in [5.41, 5.74) is 2.57. The van der Waals surface area contributed by atoms with Crippen molar-refractivity contribution in [2.24, 2.45) is 7.05 Å². The van der Waals surface area contributed by atoms with Crippen molar-refractivity contribution in [2.75, 3.05) is 0 Å². The molecule has 0 aliphatic heterocycles. The molecule has 0 amide bonds.